The average molecular weight is 313 g/mol. The summed E-state index contributed by atoms with van der Waals surface area (Å²) in [6, 6.07) is 7.89. The molecule has 2 heterocycles. The van der Waals surface area contributed by atoms with Crippen molar-refractivity contribution < 1.29 is 9.45 Å². The predicted octanol–water partition coefficient (Wildman–Crippen LogP) is 4.79. The van der Waals surface area contributed by atoms with E-state index >= 15 is 0 Å². The summed E-state index contributed by atoms with van der Waals surface area (Å²) < 4.78 is 5.94. The summed E-state index contributed by atoms with van der Waals surface area (Å²) in [5.41, 5.74) is 1.85. The van der Waals surface area contributed by atoms with E-state index in [1.54, 1.807) is 0 Å². The second kappa shape index (κ2) is 7.42. The van der Waals surface area contributed by atoms with Gasteiger partial charge in [-0.2, -0.15) is 0 Å². The molecule has 0 amide bonds. The summed E-state index contributed by atoms with van der Waals surface area (Å²) in [6.07, 6.45) is 7.54. The van der Waals surface area contributed by atoms with Gasteiger partial charge in [0, 0.05) is 18.8 Å². The van der Waals surface area contributed by atoms with Crippen LogP contribution in [-0.2, 0) is 4.65 Å². The molecule has 2 fully saturated rings. The first-order valence-electron chi connectivity index (χ1n) is 9.29. The quantitative estimate of drug-likeness (QED) is 0.732. The molecule has 0 spiro atoms. The molecule has 0 radical (unpaired) electrons. The molecular formula is C19H28BNO2. The first-order chi connectivity index (χ1) is 11.2. The monoisotopic (exact) mass is 313 g/mol. The number of nitrogens with zero attached hydrogens (tertiary/aromatic N) is 1. The Kier molecular flexibility index (Phi) is 5.29. The molecule has 1 aromatic carbocycles. The Bertz CT molecular complexity index is 505. The SMILES string of the molecule is CCN(CC)c1ccc(C(=O)OB2C3CCCC2CCC3)cc1. The Morgan fingerprint density at radius 3 is 2.04 bits per heavy atom. The van der Waals surface area contributed by atoms with Gasteiger partial charge in [0.05, 0.1) is 5.56 Å². The summed E-state index contributed by atoms with van der Waals surface area (Å²) in [7, 11) is 0. The zero-order valence-corrected chi connectivity index (χ0v) is 14.5. The van der Waals surface area contributed by atoms with E-state index in [1.807, 2.05) is 24.3 Å². The zero-order chi connectivity index (χ0) is 16.2. The lowest BCUT2D eigenvalue weighted by Gasteiger charge is -2.38. The van der Waals surface area contributed by atoms with E-state index < -0.39 is 0 Å². The molecule has 0 atom stereocenters. The van der Waals surface area contributed by atoms with E-state index in [-0.39, 0.29) is 12.9 Å². The minimum absolute atomic E-state index is 0.139. The van der Waals surface area contributed by atoms with Crippen molar-refractivity contribution >= 4 is 18.6 Å². The van der Waals surface area contributed by atoms with E-state index in [4.69, 9.17) is 4.65 Å². The Morgan fingerprint density at radius 1 is 1.04 bits per heavy atom. The van der Waals surface area contributed by atoms with Crippen molar-refractivity contribution in [3.8, 4) is 0 Å². The molecule has 3 rings (SSSR count). The standard InChI is InChI=1S/C19H28BNO2/c1-3-21(4-2)18-13-11-15(12-14-18)19(22)23-20-16-7-5-8-17(20)10-6-9-16/h11-14,16-17H,3-10H2,1-2H3. The first kappa shape index (κ1) is 16.4. The van der Waals surface area contributed by atoms with Crippen molar-refractivity contribution in [1.29, 1.82) is 0 Å². The molecule has 0 saturated carbocycles. The van der Waals surface area contributed by atoms with Crippen molar-refractivity contribution in [3.05, 3.63) is 29.8 Å². The molecule has 4 heteroatoms. The van der Waals surface area contributed by atoms with Gasteiger partial charge < -0.3 is 9.55 Å². The van der Waals surface area contributed by atoms with E-state index in [1.165, 1.54) is 44.2 Å². The Balaban J connectivity index is 1.66. The Morgan fingerprint density at radius 2 is 1.57 bits per heavy atom. The molecule has 2 aliphatic heterocycles. The van der Waals surface area contributed by atoms with Crippen LogP contribution in [0.3, 0.4) is 0 Å². The van der Waals surface area contributed by atoms with Crippen LogP contribution in [0.25, 0.3) is 0 Å². The Labute approximate surface area is 140 Å². The molecule has 0 N–H and O–H groups in total. The van der Waals surface area contributed by atoms with Gasteiger partial charge in [-0.1, -0.05) is 38.5 Å². The number of rotatable bonds is 5. The average Bonchev–Trinajstić information content (AvgIpc) is 2.56. The van der Waals surface area contributed by atoms with Crippen LogP contribution in [0.5, 0.6) is 0 Å². The highest BCUT2D eigenvalue weighted by Crippen LogP contribution is 2.46. The van der Waals surface area contributed by atoms with E-state index in [0.717, 1.165) is 13.1 Å². The molecule has 2 bridgehead atoms. The molecule has 0 aromatic heterocycles. The number of hydrogen-bond donors (Lipinski definition) is 0. The van der Waals surface area contributed by atoms with E-state index in [9.17, 15) is 4.79 Å². The maximum absolute atomic E-state index is 12.5. The maximum atomic E-state index is 12.5. The first-order valence-corrected chi connectivity index (χ1v) is 9.29. The van der Waals surface area contributed by atoms with Crippen molar-refractivity contribution in [3.63, 3.8) is 0 Å². The lowest BCUT2D eigenvalue weighted by Crippen LogP contribution is -2.38. The third-order valence-electron chi connectivity index (χ3n) is 5.70. The van der Waals surface area contributed by atoms with E-state index in [2.05, 4.69) is 18.7 Å². The number of carbonyl (C=O) groups excluding carboxylic acids is 1. The van der Waals surface area contributed by atoms with Gasteiger partial charge in [0.15, 0.2) is 0 Å². The molecule has 0 aliphatic carbocycles. The van der Waals surface area contributed by atoms with Crippen LogP contribution >= 0.6 is 0 Å². The van der Waals surface area contributed by atoms with Crippen molar-refractivity contribution in [2.24, 2.45) is 0 Å². The fourth-order valence-electron chi connectivity index (χ4n) is 4.40. The number of carbonyl (C=O) groups is 1. The fourth-order valence-corrected chi connectivity index (χ4v) is 4.40. The summed E-state index contributed by atoms with van der Waals surface area (Å²) in [5, 5.41) is 0. The van der Waals surface area contributed by atoms with Crippen LogP contribution in [0.1, 0.15) is 62.7 Å². The minimum Gasteiger partial charge on any atom is -0.532 e. The highest BCUT2D eigenvalue weighted by Gasteiger charge is 2.43. The van der Waals surface area contributed by atoms with Gasteiger partial charge in [-0.05, 0) is 49.7 Å². The van der Waals surface area contributed by atoms with Crippen LogP contribution in [0, 0.1) is 0 Å². The second-order valence-electron chi connectivity index (χ2n) is 6.97. The molecule has 1 aromatic rings. The van der Waals surface area contributed by atoms with Crippen molar-refractivity contribution in [2.45, 2.75) is 64.0 Å². The van der Waals surface area contributed by atoms with Gasteiger partial charge in [0.2, 0.25) is 0 Å². The van der Waals surface area contributed by atoms with Gasteiger partial charge in [0.25, 0.3) is 0 Å². The highest BCUT2D eigenvalue weighted by atomic mass is 16.5. The van der Waals surface area contributed by atoms with Gasteiger partial charge >= 0.3 is 12.9 Å². The molecule has 0 unspecified atom stereocenters. The fraction of sp³-hybridized carbons (Fsp3) is 0.632. The van der Waals surface area contributed by atoms with Gasteiger partial charge in [-0.15, -0.1) is 0 Å². The summed E-state index contributed by atoms with van der Waals surface area (Å²) in [6.45, 7) is 6.41. The molecule has 2 saturated heterocycles. The highest BCUT2D eigenvalue weighted by molar-refractivity contribution is 6.58. The zero-order valence-electron chi connectivity index (χ0n) is 14.5. The number of fused-ring (bicyclic) bond motifs is 2. The summed E-state index contributed by atoms with van der Waals surface area (Å²) >= 11 is 0. The van der Waals surface area contributed by atoms with Crippen LogP contribution in [0.15, 0.2) is 24.3 Å². The van der Waals surface area contributed by atoms with Crippen molar-refractivity contribution in [2.75, 3.05) is 18.0 Å². The van der Waals surface area contributed by atoms with Crippen LogP contribution in [0.2, 0.25) is 11.6 Å². The van der Waals surface area contributed by atoms with Crippen LogP contribution in [-0.4, -0.2) is 26.0 Å². The smallest absolute Gasteiger partial charge is 0.368 e. The van der Waals surface area contributed by atoms with Gasteiger partial charge in [0.1, 0.15) is 0 Å². The normalized spacial score (nSPS) is 23.5. The second-order valence-corrected chi connectivity index (χ2v) is 6.97. The Hall–Kier alpha value is -1.45. The minimum atomic E-state index is -0.139. The predicted molar refractivity (Wildman–Crippen MR) is 96.4 cm³/mol. The van der Waals surface area contributed by atoms with E-state index in [0.29, 0.717) is 17.2 Å². The third kappa shape index (κ3) is 3.56. The molecule has 3 nitrogen and oxygen atoms in total. The summed E-state index contributed by atoms with van der Waals surface area (Å²) in [5.74, 6) is 1.06. The molecule has 23 heavy (non-hydrogen) atoms. The van der Waals surface area contributed by atoms with Gasteiger partial charge in [-0.3, -0.25) is 0 Å². The van der Waals surface area contributed by atoms with Crippen LogP contribution in [0.4, 0.5) is 5.69 Å². The summed E-state index contributed by atoms with van der Waals surface area (Å²) in [4.78, 5) is 14.8. The maximum Gasteiger partial charge on any atom is 0.368 e. The van der Waals surface area contributed by atoms with Crippen LogP contribution < -0.4 is 4.90 Å². The lowest BCUT2D eigenvalue weighted by molar-refractivity contribution is 0.0713. The molecule has 124 valence electrons. The third-order valence-corrected chi connectivity index (χ3v) is 5.70. The van der Waals surface area contributed by atoms with Crippen molar-refractivity contribution in [1.82, 2.24) is 0 Å². The number of hydrogen-bond acceptors (Lipinski definition) is 3. The lowest BCUT2D eigenvalue weighted by atomic mass is 9.38. The number of benzene rings is 1. The van der Waals surface area contributed by atoms with Gasteiger partial charge in [-0.25, -0.2) is 4.79 Å². The number of anilines is 1. The molecule has 2 aliphatic rings. The molecular weight excluding hydrogens is 285 g/mol. The largest absolute Gasteiger partial charge is 0.532 e. The topological polar surface area (TPSA) is 29.5 Å².